The number of nitrogens with one attached hydrogen (secondary N) is 5. The Morgan fingerprint density at radius 3 is 1.36 bits per heavy atom. The van der Waals surface area contributed by atoms with Gasteiger partial charge in [0.15, 0.2) is 11.6 Å². The number of aromatic amines is 2. The van der Waals surface area contributed by atoms with Gasteiger partial charge in [0.25, 0.3) is 0 Å². The number of hydrogen-bond acceptors (Lipinski definition) is 9. The maximum atomic E-state index is 13.1. The van der Waals surface area contributed by atoms with Gasteiger partial charge in [-0.2, -0.15) is 10.2 Å². The van der Waals surface area contributed by atoms with E-state index in [1.54, 1.807) is 38.6 Å². The number of aromatic nitrogens is 4. The van der Waals surface area contributed by atoms with Crippen LogP contribution in [0.15, 0.2) is 42.5 Å². The Morgan fingerprint density at radius 1 is 0.593 bits per heavy atom. The van der Waals surface area contributed by atoms with Crippen molar-refractivity contribution in [3.63, 3.8) is 0 Å². The van der Waals surface area contributed by atoms with Gasteiger partial charge in [-0.25, -0.2) is 14.4 Å². The van der Waals surface area contributed by atoms with Crippen LogP contribution in [0, 0.1) is 0 Å². The summed E-state index contributed by atoms with van der Waals surface area (Å²) in [6.45, 7) is 3.70. The molecular formula is C40H57ClI22N12O6. The second-order valence-corrected chi connectivity index (χ2v) is 505. The second-order valence-electron chi connectivity index (χ2n) is 18.0. The first-order valence-electron chi connectivity index (χ1n) is 23.6. The Balaban J connectivity index is 0.000000230. The number of nitrogens with zero attached hydrogens (tertiary/aromatic N) is 7. The molecule has 0 bridgehead atoms. The Kier molecular flexibility index (Phi) is 40.7. The third-order valence-electron chi connectivity index (χ3n) is 12.8. The van der Waals surface area contributed by atoms with Gasteiger partial charge in [-0.3, -0.25) is 19.8 Å². The molecule has 2 atom stereocenters. The quantitative estimate of drug-likeness (QED) is 0.0723. The minimum absolute atomic E-state index is 0. The first-order valence-corrected chi connectivity index (χ1v) is 156. The number of H-pyrrole nitrogens is 2. The fraction of sp³-hybridized carbons (Fsp3) is 0.575. The van der Waals surface area contributed by atoms with Crippen molar-refractivity contribution in [2.45, 2.75) is 94.0 Å². The van der Waals surface area contributed by atoms with E-state index in [1.165, 1.54) is 12.8 Å². The molecule has 1 aromatic carbocycles. The molecule has 6 heterocycles. The second kappa shape index (κ2) is 40.8. The van der Waals surface area contributed by atoms with E-state index >= 15 is 0 Å². The standard InChI is InChI=1S/C24H30N6O4.C16H24N6O2.ClH.I22.H2/c1-28-14-20(22(31)25-21-13-19(26-27-21)17-7-8-17)30(23(28)32)18-9-11-29(12-10-18)24(33)34-15-16-5-3-2-4-6-16;1-21-9-13(22(16(21)24)11-4-6-17-7-5-11)15(23)18-14-8-12(19-20-14)10-2-3-10;;1-13(2)15(5)17(7)19(9)21(11)22(12)20(10)18(8)16(6)14(3)4;/h2-6,13,17-18,20H,7-12,14-15H2,1H3,(H2,25,26,27,31);8,10-11,13,17H,2-7,9H2,1H3,(H2,18,19,20,23);1H;;1H/t20-;13-;;;/m11.../s1/i;;;;1+1. The number of amides is 7. The number of ether oxygens (including phenoxy) is 1. The number of hydrogen-bond donors (Lipinski definition) is 5. The molecule has 2 aromatic heterocycles. The number of piperidine rings is 2. The largest absolute Gasteiger partial charge is 0 e. The summed E-state index contributed by atoms with van der Waals surface area (Å²) in [5.74, 6) is 1.72. The number of likely N-dealkylation sites (tertiary alicyclic amines) is 1. The van der Waals surface area contributed by atoms with Crippen LogP contribution in [0.25, 0.3) is 0 Å². The van der Waals surface area contributed by atoms with E-state index in [4.69, 9.17) is 4.74 Å². The topological polar surface area (TPSA) is 204 Å². The molecule has 9 rings (SSSR count). The summed E-state index contributed by atoms with van der Waals surface area (Å²) >= 11 is 36.7. The van der Waals surface area contributed by atoms with Crippen molar-refractivity contribution in [2.75, 3.05) is 64.0 Å². The predicted molar refractivity (Wildman–Crippen MR) is 531 cm³/mol. The van der Waals surface area contributed by atoms with Gasteiger partial charge >= 0.3 is 320 Å². The third-order valence-corrected chi connectivity index (χ3v) is 1500. The zero-order valence-corrected chi connectivity index (χ0v) is 90.2. The van der Waals surface area contributed by atoms with Crippen molar-refractivity contribution >= 4 is 356 Å². The summed E-state index contributed by atoms with van der Waals surface area (Å²) in [4.78, 5) is 72.0. The number of halogens is 23. The molecule has 474 valence electrons. The van der Waals surface area contributed by atoms with Crippen LogP contribution in [0.4, 0.5) is 26.0 Å². The number of anilines is 2. The number of likely N-dealkylation sites (N-methyl/N-ethyl adjacent to an activating group) is 2. The summed E-state index contributed by atoms with van der Waals surface area (Å²) in [5, 5.41) is 23.4. The van der Waals surface area contributed by atoms with Crippen molar-refractivity contribution in [2.24, 2.45) is 0 Å². The van der Waals surface area contributed by atoms with Crippen LogP contribution in [0.2, 0.25) is 0 Å². The van der Waals surface area contributed by atoms with Crippen molar-refractivity contribution in [3.8, 4) is 0 Å². The van der Waals surface area contributed by atoms with Crippen molar-refractivity contribution in [3.05, 3.63) is 59.4 Å². The van der Waals surface area contributed by atoms with Crippen LogP contribution >= 0.6 is 315 Å². The number of carbonyl (C=O) groups excluding carboxylic acids is 5. The van der Waals surface area contributed by atoms with Gasteiger partial charge in [0.1, 0.15) is 18.7 Å². The molecular weight excluding hydrogens is 3570 g/mol. The van der Waals surface area contributed by atoms with Gasteiger partial charge in [0.05, 0.1) is 13.1 Å². The van der Waals surface area contributed by atoms with Gasteiger partial charge in [0, 0.05) is 76.1 Å². The number of urea groups is 2. The molecule has 81 heavy (non-hydrogen) atoms. The van der Waals surface area contributed by atoms with E-state index < -0.39 is 91.0 Å². The first kappa shape index (κ1) is 80.7. The number of rotatable bonds is 19. The molecule has 6 fully saturated rings. The van der Waals surface area contributed by atoms with Crippen LogP contribution < -0.4 is 16.0 Å². The van der Waals surface area contributed by atoms with Gasteiger partial charge in [0.2, 0.25) is 11.8 Å². The predicted octanol–water partition coefficient (Wildman–Crippen LogP) is 23.6. The van der Waals surface area contributed by atoms with E-state index in [1.807, 2.05) is 42.5 Å². The van der Waals surface area contributed by atoms with Gasteiger partial charge in [-0.05, 0) is 70.0 Å². The SMILES string of the molecule is CN1C[C@H](C(=O)Nc2cc(C3CC3)[nH]n2)N(C2CCN(C(=O)OCc3ccccc3)CC2)C1=O.CN1C[C@H](C(=O)Nc2cc(C3CC3)[nH]n2)N(C2CCNCC2)C1=O.Cl.II(I)I(I)I(I)I(I)I(I)I(I)I(I)I(I)I(I)I(I)I.[2HH]. The van der Waals surface area contributed by atoms with E-state index in [2.05, 4.69) is 260 Å². The molecule has 41 heteroatoms. The summed E-state index contributed by atoms with van der Waals surface area (Å²) in [6.07, 6.45) is 7.26. The van der Waals surface area contributed by atoms with Crippen molar-refractivity contribution in [1.82, 2.24) is 50.2 Å². The molecule has 6 aliphatic rings. The fourth-order valence-corrected chi connectivity index (χ4v) is 3360. The van der Waals surface area contributed by atoms with Crippen LogP contribution in [0.5, 0.6) is 0 Å². The van der Waals surface area contributed by atoms with E-state index in [0.717, 1.165) is 55.7 Å². The molecule has 2 aliphatic carbocycles. The Morgan fingerprint density at radius 2 is 0.975 bits per heavy atom. The molecule has 18 nitrogen and oxygen atoms in total. The molecule has 0 spiro atoms. The summed E-state index contributed by atoms with van der Waals surface area (Å²) < 4.78 is 5.44. The average molecular weight is 3630 g/mol. The van der Waals surface area contributed by atoms with Crippen LogP contribution in [0.1, 0.15) is 81.6 Å². The molecule has 7 amide bonds. The molecule has 5 N–H and O–H groups in total. The zero-order valence-electron chi connectivity index (χ0n) is 41.9. The number of carbonyl (C=O) groups is 5. The van der Waals surface area contributed by atoms with Crippen LogP contribution in [0.3, 0.4) is 0 Å². The van der Waals surface area contributed by atoms with E-state index in [-0.39, 0.29) is 62.5 Å². The minimum Gasteiger partial charge on any atom is 0 e. The molecule has 4 aliphatic heterocycles. The fourth-order valence-electron chi connectivity index (χ4n) is 8.65. The maximum absolute atomic E-state index is 13.1. The third kappa shape index (κ3) is 24.8. The number of benzene rings is 1. The van der Waals surface area contributed by atoms with Crippen molar-refractivity contribution < 1.29 is 30.1 Å². The maximum Gasteiger partial charge on any atom is 0 e. The Hall–Kier alpha value is 10.7. The normalized spacial score (nSPS) is 21.3. The smallest absolute Gasteiger partial charge is 0 e. The monoisotopic (exact) mass is 3630 g/mol. The van der Waals surface area contributed by atoms with E-state index in [0.29, 0.717) is 62.5 Å². The van der Waals surface area contributed by atoms with E-state index in [9.17, 15) is 24.0 Å². The van der Waals surface area contributed by atoms with Gasteiger partial charge in [-0.1, -0.05) is 30.3 Å². The molecule has 2 saturated carbocycles. The summed E-state index contributed by atoms with van der Waals surface area (Å²) in [6, 6.07) is 12.1. The zero-order chi connectivity index (χ0) is 58.1. The summed E-state index contributed by atoms with van der Waals surface area (Å²) in [7, 11) is -0.736. The van der Waals surface area contributed by atoms with Gasteiger partial charge in [-0.15, -0.1) is 12.4 Å². The average Bonchev–Trinajstić information content (AvgIpc) is 4.43. The Labute approximate surface area is 635 Å². The minimum atomic E-state index is -0.597. The van der Waals surface area contributed by atoms with Gasteiger partial charge < -0.3 is 45.2 Å². The first-order chi connectivity index (χ1) is 38.1. The molecule has 0 unspecified atom stereocenters. The van der Waals surface area contributed by atoms with Crippen molar-refractivity contribution in [1.29, 1.82) is 0 Å². The Bertz CT molecular complexity index is 2520. The van der Waals surface area contributed by atoms with Crippen LogP contribution in [-0.4, -0.2) is 152 Å². The summed E-state index contributed by atoms with van der Waals surface area (Å²) in [5.41, 5.74) is 3.06. The molecule has 4 saturated heterocycles. The molecule has 3 aromatic rings. The molecule has 0 radical (unpaired) electrons. The van der Waals surface area contributed by atoms with Crippen LogP contribution in [-0.2, 0) is 20.9 Å².